The molecule has 0 heterocycles. The van der Waals surface area contributed by atoms with Crippen LogP contribution in [-0.2, 0) is 33.4 Å². The first kappa shape index (κ1) is 25.8. The molecule has 178 valence electrons. The van der Waals surface area contributed by atoms with Crippen LogP contribution in [0.25, 0.3) is 0 Å². The number of hydrogen-bond acceptors (Lipinski definition) is 7. The average molecular weight is 449 g/mol. The van der Waals surface area contributed by atoms with Crippen LogP contribution in [0.5, 0.6) is 0 Å². The van der Waals surface area contributed by atoms with Crippen molar-refractivity contribution < 1.29 is 33.4 Å². The molecule has 0 saturated heterocycles. The van der Waals surface area contributed by atoms with Gasteiger partial charge in [-0.15, -0.1) is 0 Å². The number of hydrogen-bond donors (Lipinski definition) is 0. The second-order valence-corrected chi connectivity index (χ2v) is 9.24. The monoisotopic (exact) mass is 448 g/mol. The molecule has 0 unspecified atom stereocenters. The molecule has 0 N–H and O–H groups in total. The van der Waals surface area contributed by atoms with Gasteiger partial charge in [-0.05, 0) is 51.9 Å². The highest BCUT2D eigenvalue weighted by Gasteiger charge is 2.53. The van der Waals surface area contributed by atoms with Gasteiger partial charge in [0, 0.05) is 39.0 Å². The fraction of sp³-hybridized carbons (Fsp3) is 0.680. The van der Waals surface area contributed by atoms with Gasteiger partial charge in [0.15, 0.2) is 0 Å². The van der Waals surface area contributed by atoms with Gasteiger partial charge in [0.25, 0.3) is 0 Å². The number of rotatable bonds is 8. The Kier molecular flexibility index (Phi) is 9.22. The third-order valence-electron chi connectivity index (χ3n) is 6.43. The molecule has 0 aromatic carbocycles. The molecule has 0 aromatic heterocycles. The summed E-state index contributed by atoms with van der Waals surface area (Å²) >= 11 is 0. The fourth-order valence-corrected chi connectivity index (χ4v) is 5.18. The quantitative estimate of drug-likeness (QED) is 0.315. The minimum atomic E-state index is -0.450. The zero-order valence-corrected chi connectivity index (χ0v) is 20.0. The van der Waals surface area contributed by atoms with Crippen molar-refractivity contribution in [1.29, 1.82) is 0 Å². The smallest absolute Gasteiger partial charge is 0.302 e. The first-order valence-corrected chi connectivity index (χ1v) is 11.3. The maximum absolute atomic E-state index is 13.0. The Hall–Kier alpha value is -2.44. The third kappa shape index (κ3) is 7.04. The van der Waals surface area contributed by atoms with Crippen molar-refractivity contribution in [3.63, 3.8) is 0 Å². The molecule has 7 heteroatoms. The Morgan fingerprint density at radius 2 is 1.56 bits per heavy atom. The van der Waals surface area contributed by atoms with E-state index in [1.54, 1.807) is 0 Å². The molecule has 0 aromatic rings. The van der Waals surface area contributed by atoms with Crippen LogP contribution in [0, 0.1) is 23.7 Å². The van der Waals surface area contributed by atoms with E-state index >= 15 is 0 Å². The van der Waals surface area contributed by atoms with Crippen molar-refractivity contribution in [1.82, 2.24) is 0 Å². The number of carbonyl (C=O) groups is 4. The van der Waals surface area contributed by atoms with Gasteiger partial charge in [0.1, 0.15) is 18.0 Å². The van der Waals surface area contributed by atoms with Crippen LogP contribution in [0.4, 0.5) is 0 Å². The molecular formula is C25H36O7. The number of Topliss-reactive ketones (excluding diaryl/α,β-unsaturated/α-hetero) is 1. The number of allylic oxidation sites excluding steroid dienone is 4. The molecule has 0 radical (unpaired) electrons. The van der Waals surface area contributed by atoms with Gasteiger partial charge in [-0.2, -0.15) is 0 Å². The Labute approximate surface area is 190 Å². The molecule has 2 aliphatic carbocycles. The largest absolute Gasteiger partial charge is 0.465 e. The van der Waals surface area contributed by atoms with Crippen LogP contribution in [0.15, 0.2) is 23.3 Å². The van der Waals surface area contributed by atoms with Gasteiger partial charge in [-0.1, -0.05) is 23.3 Å². The maximum atomic E-state index is 13.0. The number of ketones is 1. The zero-order valence-electron chi connectivity index (χ0n) is 20.0. The van der Waals surface area contributed by atoms with Crippen molar-refractivity contribution >= 4 is 23.7 Å². The highest BCUT2D eigenvalue weighted by molar-refractivity contribution is 5.84. The molecule has 6 atom stereocenters. The summed E-state index contributed by atoms with van der Waals surface area (Å²) in [5.74, 6) is -2.01. The Morgan fingerprint density at radius 3 is 2.12 bits per heavy atom. The van der Waals surface area contributed by atoms with E-state index in [0.717, 1.165) is 12.0 Å². The standard InChI is InChI=1S/C25H36O7/c1-14(2)8-7-9-15(3)20-12-24(32-18(6)28)22(13-30-16(4)26)25(20)21-10-19(11-23(21)29)31-17(5)27/h8-9,19-22,24-25H,7,10-13H2,1-6H3/b15-9-/t19-,20+,21-,22-,24+,25+/m1/s1. The molecule has 7 nitrogen and oxygen atoms in total. The van der Waals surface area contributed by atoms with Gasteiger partial charge in [0.2, 0.25) is 0 Å². The van der Waals surface area contributed by atoms with Crippen LogP contribution in [0.2, 0.25) is 0 Å². The normalized spacial score (nSPS) is 30.1. The summed E-state index contributed by atoms with van der Waals surface area (Å²) < 4.78 is 16.3. The summed E-state index contributed by atoms with van der Waals surface area (Å²) in [5, 5.41) is 0. The lowest BCUT2D eigenvalue weighted by molar-refractivity contribution is -0.153. The van der Waals surface area contributed by atoms with Crippen molar-refractivity contribution in [3.8, 4) is 0 Å². The molecule has 2 saturated carbocycles. The summed E-state index contributed by atoms with van der Waals surface area (Å²) in [6, 6.07) is 0. The van der Waals surface area contributed by atoms with Gasteiger partial charge < -0.3 is 14.2 Å². The number of carbonyl (C=O) groups excluding carboxylic acids is 4. The average Bonchev–Trinajstić information content (AvgIpc) is 3.18. The predicted molar refractivity (Wildman–Crippen MR) is 118 cm³/mol. The van der Waals surface area contributed by atoms with Crippen molar-refractivity contribution in [2.45, 2.75) is 79.4 Å². The summed E-state index contributed by atoms with van der Waals surface area (Å²) in [4.78, 5) is 47.8. The fourth-order valence-electron chi connectivity index (χ4n) is 5.18. The summed E-state index contributed by atoms with van der Waals surface area (Å²) in [6.07, 6.45) is 5.35. The molecule has 2 fully saturated rings. The van der Waals surface area contributed by atoms with Crippen LogP contribution >= 0.6 is 0 Å². The van der Waals surface area contributed by atoms with Gasteiger partial charge in [-0.3, -0.25) is 19.2 Å². The molecule has 0 spiro atoms. The first-order valence-electron chi connectivity index (χ1n) is 11.3. The highest BCUT2D eigenvalue weighted by atomic mass is 16.6. The van der Waals surface area contributed by atoms with E-state index in [9.17, 15) is 19.2 Å². The van der Waals surface area contributed by atoms with Gasteiger partial charge >= 0.3 is 17.9 Å². The number of ether oxygens (including phenoxy) is 3. The highest BCUT2D eigenvalue weighted by Crippen LogP contribution is 2.50. The summed E-state index contributed by atoms with van der Waals surface area (Å²) in [6.45, 7) is 10.2. The maximum Gasteiger partial charge on any atom is 0.302 e. The molecule has 32 heavy (non-hydrogen) atoms. The molecule has 2 rings (SSSR count). The molecule has 0 aliphatic heterocycles. The van der Waals surface area contributed by atoms with E-state index in [1.807, 2.05) is 20.8 Å². The van der Waals surface area contributed by atoms with Gasteiger partial charge in [-0.25, -0.2) is 0 Å². The van der Waals surface area contributed by atoms with E-state index in [2.05, 4.69) is 12.2 Å². The van der Waals surface area contributed by atoms with Crippen LogP contribution < -0.4 is 0 Å². The van der Waals surface area contributed by atoms with Crippen molar-refractivity contribution in [3.05, 3.63) is 23.3 Å². The molecule has 0 bridgehead atoms. The molecule has 2 aliphatic rings. The van der Waals surface area contributed by atoms with Crippen molar-refractivity contribution in [2.24, 2.45) is 23.7 Å². The second-order valence-electron chi connectivity index (χ2n) is 9.24. The van der Waals surface area contributed by atoms with E-state index < -0.39 is 30.1 Å². The lowest BCUT2D eigenvalue weighted by Gasteiger charge is -2.31. The van der Waals surface area contributed by atoms with Crippen LogP contribution in [0.1, 0.15) is 67.2 Å². The van der Waals surface area contributed by atoms with E-state index in [-0.39, 0.29) is 42.5 Å². The van der Waals surface area contributed by atoms with E-state index in [0.29, 0.717) is 12.8 Å². The second kappa shape index (κ2) is 11.4. The third-order valence-corrected chi connectivity index (χ3v) is 6.43. The Bertz CT molecular complexity index is 790. The topological polar surface area (TPSA) is 96.0 Å². The Morgan fingerprint density at radius 1 is 0.906 bits per heavy atom. The SMILES string of the molecule is CC(=O)OC[C@H]1[C@H]([C@@H]2C[C@@H](OC(C)=O)CC2=O)[C@H](/C(C)=C\CC=C(C)C)C[C@@H]1OC(C)=O. The minimum Gasteiger partial charge on any atom is -0.465 e. The lowest BCUT2D eigenvalue weighted by atomic mass is 9.75. The first-order chi connectivity index (χ1) is 15.0. The molecule has 0 amide bonds. The summed E-state index contributed by atoms with van der Waals surface area (Å²) in [5.41, 5.74) is 2.34. The number of esters is 3. The lowest BCUT2D eigenvalue weighted by Crippen LogP contribution is -2.35. The van der Waals surface area contributed by atoms with Gasteiger partial charge in [0.05, 0.1) is 6.61 Å². The van der Waals surface area contributed by atoms with Crippen LogP contribution in [0.3, 0.4) is 0 Å². The van der Waals surface area contributed by atoms with Crippen molar-refractivity contribution in [2.75, 3.05) is 6.61 Å². The molecular weight excluding hydrogens is 412 g/mol. The summed E-state index contributed by atoms with van der Waals surface area (Å²) in [7, 11) is 0. The van der Waals surface area contributed by atoms with Crippen LogP contribution in [-0.4, -0.2) is 42.5 Å². The zero-order chi connectivity index (χ0) is 24.0. The Balaban J connectivity index is 2.39. The predicted octanol–water partition coefficient (Wildman–Crippen LogP) is 3.95. The minimum absolute atomic E-state index is 0.00417. The van der Waals surface area contributed by atoms with E-state index in [4.69, 9.17) is 14.2 Å². The van der Waals surface area contributed by atoms with E-state index in [1.165, 1.54) is 26.3 Å².